The third-order valence-corrected chi connectivity index (χ3v) is 4.65. The summed E-state index contributed by atoms with van der Waals surface area (Å²) < 4.78 is 5.69. The van der Waals surface area contributed by atoms with Crippen molar-refractivity contribution in [1.82, 2.24) is 24.8 Å². The van der Waals surface area contributed by atoms with Gasteiger partial charge in [-0.2, -0.15) is 0 Å². The third kappa shape index (κ3) is 4.09. The van der Waals surface area contributed by atoms with Crippen molar-refractivity contribution in [3.05, 3.63) is 70.0 Å². The fraction of sp³-hybridized carbons (Fsp3) is 0.333. The van der Waals surface area contributed by atoms with Crippen LogP contribution in [0.3, 0.4) is 0 Å². The molecule has 1 aliphatic heterocycles. The summed E-state index contributed by atoms with van der Waals surface area (Å²) in [5, 5.41) is 0. The molecule has 7 heteroatoms. The Balaban J connectivity index is 1.48. The number of rotatable bonds is 5. The van der Waals surface area contributed by atoms with Crippen LogP contribution in [0.2, 0.25) is 0 Å². The number of H-pyrrole nitrogens is 1. The molecule has 1 aliphatic rings. The van der Waals surface area contributed by atoms with E-state index in [1.54, 1.807) is 18.6 Å². The molecule has 28 heavy (non-hydrogen) atoms. The number of fused-ring (bicyclic) bond motifs is 1. The Kier molecular flexibility index (Phi) is 5.16. The molecule has 0 bridgehead atoms. The van der Waals surface area contributed by atoms with E-state index >= 15 is 0 Å². The number of nitrogens with one attached hydrogen (secondary N) is 1. The molecular formula is C21H23N5O2. The number of benzene rings is 1. The van der Waals surface area contributed by atoms with Gasteiger partial charge in [-0.15, -0.1) is 0 Å². The fourth-order valence-electron chi connectivity index (χ4n) is 3.36. The lowest BCUT2D eigenvalue weighted by atomic mass is 10.1. The van der Waals surface area contributed by atoms with Gasteiger partial charge in [0.05, 0.1) is 23.6 Å². The van der Waals surface area contributed by atoms with Gasteiger partial charge in [0.2, 0.25) is 0 Å². The van der Waals surface area contributed by atoms with Gasteiger partial charge in [-0.1, -0.05) is 12.1 Å². The zero-order valence-corrected chi connectivity index (χ0v) is 16.1. The second kappa shape index (κ2) is 7.90. The Morgan fingerprint density at radius 2 is 2.04 bits per heavy atom. The van der Waals surface area contributed by atoms with Crippen molar-refractivity contribution in [1.29, 1.82) is 0 Å². The molecule has 3 aromatic rings. The lowest BCUT2D eigenvalue weighted by Gasteiger charge is -2.27. The first kappa shape index (κ1) is 18.3. The van der Waals surface area contributed by atoms with Crippen LogP contribution in [-0.2, 0) is 19.5 Å². The molecular weight excluding hydrogens is 354 g/mol. The smallest absolute Gasteiger partial charge is 0.255 e. The highest BCUT2D eigenvalue weighted by atomic mass is 16.5. The Morgan fingerprint density at radius 1 is 1.21 bits per heavy atom. The summed E-state index contributed by atoms with van der Waals surface area (Å²) in [6, 6.07) is 8.14. The van der Waals surface area contributed by atoms with Crippen molar-refractivity contribution in [2.24, 2.45) is 0 Å². The molecule has 2 aromatic heterocycles. The molecule has 1 N–H and O–H groups in total. The van der Waals surface area contributed by atoms with Gasteiger partial charge in [-0.25, -0.2) is 9.97 Å². The van der Waals surface area contributed by atoms with E-state index in [2.05, 4.69) is 37.0 Å². The zero-order valence-electron chi connectivity index (χ0n) is 16.1. The lowest BCUT2D eigenvalue weighted by Crippen LogP contribution is -2.35. The molecule has 0 unspecified atom stereocenters. The molecule has 7 nitrogen and oxygen atoms in total. The fourth-order valence-corrected chi connectivity index (χ4v) is 3.36. The maximum atomic E-state index is 12.6. The normalized spacial score (nSPS) is 14.1. The molecule has 0 atom stereocenters. The van der Waals surface area contributed by atoms with Crippen molar-refractivity contribution in [3.63, 3.8) is 0 Å². The quantitative estimate of drug-likeness (QED) is 0.736. The summed E-state index contributed by atoms with van der Waals surface area (Å²) in [7, 11) is 0. The molecule has 3 heterocycles. The third-order valence-electron chi connectivity index (χ3n) is 4.65. The molecule has 0 aliphatic carbocycles. The van der Waals surface area contributed by atoms with Crippen LogP contribution in [0.15, 0.2) is 47.7 Å². The zero-order chi connectivity index (χ0) is 19.5. The van der Waals surface area contributed by atoms with Crippen molar-refractivity contribution in [2.45, 2.75) is 39.5 Å². The summed E-state index contributed by atoms with van der Waals surface area (Å²) in [6.45, 7) is 6.25. The highest BCUT2D eigenvalue weighted by molar-refractivity contribution is 5.47. The topological polar surface area (TPSA) is 84.0 Å². The molecule has 0 amide bonds. The average molecular weight is 377 g/mol. The first-order chi connectivity index (χ1) is 13.6. The first-order valence-corrected chi connectivity index (χ1v) is 9.45. The number of aromatic nitrogens is 4. The summed E-state index contributed by atoms with van der Waals surface area (Å²) in [4.78, 5) is 30.6. The summed E-state index contributed by atoms with van der Waals surface area (Å²) in [5.41, 5.74) is 3.25. The Labute approximate surface area is 163 Å². The number of ether oxygens (including phenoxy) is 1. The molecule has 0 saturated heterocycles. The van der Waals surface area contributed by atoms with Crippen molar-refractivity contribution in [2.75, 3.05) is 6.54 Å². The molecule has 1 aromatic carbocycles. The maximum absolute atomic E-state index is 12.6. The number of hydrogen-bond donors (Lipinski definition) is 1. The summed E-state index contributed by atoms with van der Waals surface area (Å²) >= 11 is 0. The van der Waals surface area contributed by atoms with Gasteiger partial charge < -0.3 is 9.72 Å². The molecule has 4 rings (SSSR count). The van der Waals surface area contributed by atoms with Crippen LogP contribution >= 0.6 is 0 Å². The van der Waals surface area contributed by atoms with Crippen LogP contribution in [0.25, 0.3) is 11.5 Å². The van der Waals surface area contributed by atoms with Crippen LogP contribution in [0.1, 0.15) is 30.7 Å². The predicted octanol–water partition coefficient (Wildman–Crippen LogP) is 2.57. The minimum Gasteiger partial charge on any atom is -0.491 e. The summed E-state index contributed by atoms with van der Waals surface area (Å²) in [6.07, 6.45) is 5.69. The Morgan fingerprint density at radius 3 is 2.75 bits per heavy atom. The van der Waals surface area contributed by atoms with E-state index in [0.717, 1.165) is 36.5 Å². The Bertz CT molecular complexity index is 1000. The number of nitrogens with zero attached hydrogens (tertiary/aromatic N) is 4. The monoisotopic (exact) mass is 377 g/mol. The van der Waals surface area contributed by atoms with E-state index < -0.39 is 0 Å². The molecule has 0 spiro atoms. The molecule has 0 radical (unpaired) electrons. The lowest BCUT2D eigenvalue weighted by molar-refractivity contribution is 0.238. The molecule has 0 saturated carbocycles. The van der Waals surface area contributed by atoms with E-state index in [9.17, 15) is 4.79 Å². The van der Waals surface area contributed by atoms with Gasteiger partial charge >= 0.3 is 0 Å². The van der Waals surface area contributed by atoms with Gasteiger partial charge in [-0.05, 0) is 31.5 Å². The van der Waals surface area contributed by atoms with Gasteiger partial charge in [0.25, 0.3) is 5.56 Å². The molecule has 144 valence electrons. The minimum absolute atomic E-state index is 0.101. The number of hydrogen-bond acceptors (Lipinski definition) is 6. The second-order valence-corrected chi connectivity index (χ2v) is 7.20. The van der Waals surface area contributed by atoms with E-state index in [0.29, 0.717) is 18.1 Å². The van der Waals surface area contributed by atoms with Crippen LogP contribution in [-0.4, -0.2) is 37.5 Å². The second-order valence-electron chi connectivity index (χ2n) is 7.20. The van der Waals surface area contributed by atoms with E-state index in [-0.39, 0.29) is 11.7 Å². The van der Waals surface area contributed by atoms with Crippen molar-refractivity contribution in [3.8, 4) is 17.3 Å². The van der Waals surface area contributed by atoms with E-state index in [1.807, 2.05) is 26.0 Å². The SMILES string of the molecule is CC(C)Oc1ccc(CN2CCc3nc(-c4cnccn4)[nH]c(=O)c3C2)cc1. The van der Waals surface area contributed by atoms with Gasteiger partial charge in [-0.3, -0.25) is 14.7 Å². The van der Waals surface area contributed by atoms with Gasteiger partial charge in [0.15, 0.2) is 5.82 Å². The minimum atomic E-state index is -0.101. The summed E-state index contributed by atoms with van der Waals surface area (Å²) in [5.74, 6) is 1.35. The molecule has 0 fully saturated rings. The van der Waals surface area contributed by atoms with Gasteiger partial charge in [0, 0.05) is 38.4 Å². The van der Waals surface area contributed by atoms with Crippen LogP contribution in [0.4, 0.5) is 0 Å². The first-order valence-electron chi connectivity index (χ1n) is 9.45. The van der Waals surface area contributed by atoms with Crippen LogP contribution in [0.5, 0.6) is 5.75 Å². The Hall–Kier alpha value is -3.06. The standard InChI is InChI=1S/C21H23N5O2/c1-14(2)28-16-5-3-15(4-6-16)12-26-10-7-18-17(13-26)21(27)25-20(24-18)19-11-22-8-9-23-19/h3-6,8-9,11,14H,7,10,12-13H2,1-2H3,(H,24,25,27). The highest BCUT2D eigenvalue weighted by Gasteiger charge is 2.22. The predicted molar refractivity (Wildman–Crippen MR) is 106 cm³/mol. The highest BCUT2D eigenvalue weighted by Crippen LogP contribution is 2.20. The van der Waals surface area contributed by atoms with Crippen molar-refractivity contribution >= 4 is 0 Å². The maximum Gasteiger partial charge on any atom is 0.255 e. The average Bonchev–Trinajstić information content (AvgIpc) is 2.70. The van der Waals surface area contributed by atoms with Crippen LogP contribution in [0, 0.1) is 0 Å². The van der Waals surface area contributed by atoms with Gasteiger partial charge in [0.1, 0.15) is 11.4 Å². The van der Waals surface area contributed by atoms with Crippen molar-refractivity contribution < 1.29 is 4.74 Å². The van der Waals surface area contributed by atoms with E-state index in [4.69, 9.17) is 4.74 Å². The van der Waals surface area contributed by atoms with Crippen LogP contribution < -0.4 is 10.3 Å². The largest absolute Gasteiger partial charge is 0.491 e. The number of aromatic amines is 1. The van der Waals surface area contributed by atoms with E-state index in [1.165, 1.54) is 5.56 Å².